The molecule has 0 aromatic heterocycles. The number of amides is 1. The Hall–Kier alpha value is -0.0600. The molecule has 4 aliphatic rings. The van der Waals surface area contributed by atoms with Gasteiger partial charge in [0.25, 0.3) is 5.91 Å². The number of fused-ring (bicyclic) bond motifs is 5. The largest absolute Gasteiger partial charge is 1.00 e. The van der Waals surface area contributed by atoms with Gasteiger partial charge in [-0.2, -0.15) is 0 Å². The number of carbonyl (C=O) groups excluding carboxylic acids is 2. The Morgan fingerprint density at radius 2 is 1.68 bits per heavy atom. The number of aliphatic carboxylic acids is 1. The zero-order valence-corrected chi connectivity index (χ0v) is 22.5. The van der Waals surface area contributed by atoms with Crippen molar-refractivity contribution >= 4 is 11.9 Å². The van der Waals surface area contributed by atoms with E-state index < -0.39 is 11.9 Å². The minimum atomic E-state index is -1.60. The SMILES string of the molecule is CCC[C@@H](C)[C@H]1CCC2C3CCC4CC(NC(=O)C(=O)[O-])CC[C@]4(C)C3CC[C@@]21C.[Na+]. The Balaban J connectivity index is 0.00000272. The van der Waals surface area contributed by atoms with Crippen molar-refractivity contribution < 1.29 is 44.3 Å². The zero-order chi connectivity index (χ0) is 21.7. The number of carboxylic acids is 1. The summed E-state index contributed by atoms with van der Waals surface area (Å²) in [6.45, 7) is 10.0. The maximum atomic E-state index is 11.6. The van der Waals surface area contributed by atoms with Crippen molar-refractivity contribution in [2.24, 2.45) is 46.3 Å². The van der Waals surface area contributed by atoms with Crippen LogP contribution >= 0.6 is 0 Å². The molecule has 0 heterocycles. The molecule has 0 saturated heterocycles. The van der Waals surface area contributed by atoms with Crippen molar-refractivity contribution in [3.63, 3.8) is 0 Å². The molecule has 0 aromatic carbocycles. The van der Waals surface area contributed by atoms with Gasteiger partial charge in [0.2, 0.25) is 0 Å². The molecule has 0 aromatic rings. The molecule has 5 unspecified atom stereocenters. The van der Waals surface area contributed by atoms with Gasteiger partial charge in [0.1, 0.15) is 5.97 Å². The fourth-order valence-corrected chi connectivity index (χ4v) is 9.27. The second kappa shape index (κ2) is 9.66. The second-order valence-corrected chi connectivity index (χ2v) is 11.9. The van der Waals surface area contributed by atoms with Crippen molar-refractivity contribution in [1.82, 2.24) is 5.32 Å². The van der Waals surface area contributed by atoms with Gasteiger partial charge in [-0.3, -0.25) is 4.79 Å². The minimum Gasteiger partial charge on any atom is -0.540 e. The maximum Gasteiger partial charge on any atom is 1.00 e. The summed E-state index contributed by atoms with van der Waals surface area (Å²) in [5, 5.41) is 13.5. The van der Waals surface area contributed by atoms with Crippen molar-refractivity contribution in [3.05, 3.63) is 0 Å². The Morgan fingerprint density at radius 3 is 2.35 bits per heavy atom. The molecular formula is C26H42NNaO3. The predicted molar refractivity (Wildman–Crippen MR) is 116 cm³/mol. The number of carbonyl (C=O) groups is 2. The van der Waals surface area contributed by atoms with E-state index in [2.05, 4.69) is 33.0 Å². The van der Waals surface area contributed by atoms with E-state index in [-0.39, 0.29) is 35.6 Å². The Kier molecular flexibility index (Phi) is 7.97. The van der Waals surface area contributed by atoms with Crippen LogP contribution in [0.3, 0.4) is 0 Å². The van der Waals surface area contributed by atoms with Crippen molar-refractivity contribution in [1.29, 1.82) is 0 Å². The number of carboxylic acid groups (broad SMARTS) is 1. The predicted octanol–water partition coefficient (Wildman–Crippen LogP) is 1.32. The third-order valence-corrected chi connectivity index (χ3v) is 10.7. The average Bonchev–Trinajstić information content (AvgIpc) is 3.05. The molecule has 1 N–H and O–H groups in total. The summed E-state index contributed by atoms with van der Waals surface area (Å²) < 4.78 is 0. The first kappa shape index (κ1) is 25.6. The van der Waals surface area contributed by atoms with Crippen LogP contribution in [0.25, 0.3) is 0 Å². The number of hydrogen-bond acceptors (Lipinski definition) is 3. The first-order valence-corrected chi connectivity index (χ1v) is 12.7. The summed E-state index contributed by atoms with van der Waals surface area (Å²) in [7, 11) is 0. The fraction of sp³-hybridized carbons (Fsp3) is 0.923. The van der Waals surface area contributed by atoms with Crippen molar-refractivity contribution in [2.45, 2.75) is 104 Å². The first-order valence-electron chi connectivity index (χ1n) is 12.7. The Morgan fingerprint density at radius 1 is 1.00 bits per heavy atom. The summed E-state index contributed by atoms with van der Waals surface area (Å²) in [6.07, 6.45) is 13.9. The molecule has 0 radical (unpaired) electrons. The van der Waals surface area contributed by atoms with Crippen LogP contribution in [-0.2, 0) is 9.59 Å². The average molecular weight is 440 g/mol. The monoisotopic (exact) mass is 439 g/mol. The smallest absolute Gasteiger partial charge is 0.540 e. The first-order chi connectivity index (χ1) is 14.2. The summed E-state index contributed by atoms with van der Waals surface area (Å²) in [5.74, 6) is 2.41. The van der Waals surface area contributed by atoms with Gasteiger partial charge in [0.15, 0.2) is 0 Å². The molecule has 0 spiro atoms. The molecule has 31 heavy (non-hydrogen) atoms. The topological polar surface area (TPSA) is 69.2 Å². The third kappa shape index (κ3) is 4.39. The molecule has 4 aliphatic carbocycles. The van der Waals surface area contributed by atoms with Crippen molar-refractivity contribution in [3.8, 4) is 0 Å². The summed E-state index contributed by atoms with van der Waals surface area (Å²) in [4.78, 5) is 22.4. The zero-order valence-electron chi connectivity index (χ0n) is 20.5. The Bertz CT molecular complexity index is 684. The van der Waals surface area contributed by atoms with E-state index >= 15 is 0 Å². The van der Waals surface area contributed by atoms with E-state index in [9.17, 15) is 14.7 Å². The van der Waals surface area contributed by atoms with E-state index in [4.69, 9.17) is 0 Å². The number of hydrogen-bond donors (Lipinski definition) is 1. The molecule has 4 saturated carbocycles. The van der Waals surface area contributed by atoms with Crippen LogP contribution < -0.4 is 40.0 Å². The van der Waals surface area contributed by atoms with Crippen LogP contribution in [0, 0.1) is 46.3 Å². The van der Waals surface area contributed by atoms with E-state index in [1.807, 2.05) is 0 Å². The minimum absolute atomic E-state index is 0. The fourth-order valence-electron chi connectivity index (χ4n) is 9.27. The molecule has 4 rings (SSSR count). The summed E-state index contributed by atoms with van der Waals surface area (Å²) in [5.41, 5.74) is 0.901. The summed E-state index contributed by atoms with van der Waals surface area (Å²) in [6, 6.07) is 0.00429. The van der Waals surface area contributed by atoms with Crippen LogP contribution in [0.15, 0.2) is 0 Å². The molecule has 0 aliphatic heterocycles. The molecule has 0 bridgehead atoms. The maximum absolute atomic E-state index is 11.6. The van der Waals surface area contributed by atoms with Gasteiger partial charge in [0, 0.05) is 6.04 Å². The van der Waals surface area contributed by atoms with Gasteiger partial charge in [-0.1, -0.05) is 40.5 Å². The normalized spacial score (nSPS) is 44.8. The molecular weight excluding hydrogens is 397 g/mol. The van der Waals surface area contributed by atoms with Gasteiger partial charge in [0.05, 0.1) is 0 Å². The van der Waals surface area contributed by atoms with Gasteiger partial charge in [-0.25, -0.2) is 0 Å². The van der Waals surface area contributed by atoms with Crippen LogP contribution in [-0.4, -0.2) is 17.9 Å². The standard InChI is InChI=1S/C26H43NO3.Na/c1-5-6-16(2)20-9-10-21-19-8-7-17-15-18(27-23(28)24(29)30)11-13-25(17,3)22(19)12-14-26(20,21)4;/h16-22H,5-15H2,1-4H3,(H,27,28)(H,29,30);/q;+1/p-1/t16-,17?,18?,19?,20-,21?,22?,25+,26-;/m1./s1. The van der Waals surface area contributed by atoms with E-state index in [1.165, 1.54) is 51.4 Å². The van der Waals surface area contributed by atoms with Crippen LogP contribution in [0.1, 0.15) is 98.3 Å². The second-order valence-electron chi connectivity index (χ2n) is 11.9. The molecule has 1 amide bonds. The van der Waals surface area contributed by atoms with E-state index in [0.717, 1.165) is 48.9 Å². The van der Waals surface area contributed by atoms with Crippen LogP contribution in [0.5, 0.6) is 0 Å². The van der Waals surface area contributed by atoms with Crippen molar-refractivity contribution in [2.75, 3.05) is 0 Å². The van der Waals surface area contributed by atoms with E-state index in [1.54, 1.807) is 0 Å². The van der Waals surface area contributed by atoms with E-state index in [0.29, 0.717) is 16.7 Å². The van der Waals surface area contributed by atoms with Gasteiger partial charge >= 0.3 is 29.6 Å². The van der Waals surface area contributed by atoms with Gasteiger partial charge < -0.3 is 15.2 Å². The van der Waals surface area contributed by atoms with Gasteiger partial charge in [-0.05, 0) is 104 Å². The molecule has 170 valence electrons. The van der Waals surface area contributed by atoms with Gasteiger partial charge in [-0.15, -0.1) is 0 Å². The quantitative estimate of drug-likeness (QED) is 0.531. The molecule has 9 atom stereocenters. The van der Waals surface area contributed by atoms with Crippen LogP contribution in [0.4, 0.5) is 0 Å². The molecule has 5 heteroatoms. The summed E-state index contributed by atoms with van der Waals surface area (Å²) >= 11 is 0. The third-order valence-electron chi connectivity index (χ3n) is 10.7. The molecule has 4 fully saturated rings. The van der Waals surface area contributed by atoms with Crippen LogP contribution in [0.2, 0.25) is 0 Å². The Labute approximate surface area is 211 Å². The number of nitrogens with one attached hydrogen (secondary N) is 1. The number of rotatable bonds is 4. The molecule has 4 nitrogen and oxygen atoms in total.